The fourth-order valence-electron chi connectivity index (χ4n) is 2.10. The Bertz CT molecular complexity index is 191. The summed E-state index contributed by atoms with van der Waals surface area (Å²) < 4.78 is 0. The maximum Gasteiger partial charge on any atom is 0.0170 e. The Balaban J connectivity index is 2.83. The topological polar surface area (TPSA) is 12.0 Å². The van der Waals surface area contributed by atoms with E-state index < -0.39 is 0 Å². The fourth-order valence-corrected chi connectivity index (χ4v) is 2.10. The lowest BCUT2D eigenvalue weighted by atomic mass is 9.84. The van der Waals surface area contributed by atoms with Crippen LogP contribution in [0.25, 0.3) is 0 Å². The molecule has 0 aliphatic carbocycles. The Labute approximate surface area is 82.6 Å². The largest absolute Gasteiger partial charge is 0.313 e. The first-order valence-electron chi connectivity index (χ1n) is 5.59. The molecule has 0 saturated carbocycles. The van der Waals surface area contributed by atoms with E-state index in [2.05, 4.69) is 33.0 Å². The van der Waals surface area contributed by atoms with Crippen LogP contribution in [0.3, 0.4) is 0 Å². The summed E-state index contributed by atoms with van der Waals surface area (Å²) in [6.45, 7) is 11.6. The molecule has 0 aromatic rings. The molecule has 0 radical (unpaired) electrons. The van der Waals surface area contributed by atoms with Gasteiger partial charge in [0.05, 0.1) is 0 Å². The minimum absolute atomic E-state index is 0.719. The van der Waals surface area contributed by atoms with Crippen molar-refractivity contribution in [1.82, 2.24) is 5.32 Å². The third-order valence-corrected chi connectivity index (χ3v) is 3.20. The molecule has 0 aromatic heterocycles. The highest BCUT2D eigenvalue weighted by molar-refractivity contribution is 5.22. The average Bonchev–Trinajstić information content (AvgIpc) is 2.16. The van der Waals surface area contributed by atoms with Crippen LogP contribution in [0.1, 0.15) is 40.5 Å². The number of hydrogen-bond acceptors (Lipinski definition) is 1. The quantitative estimate of drug-likeness (QED) is 0.660. The molecular weight excluding hydrogens is 158 g/mol. The summed E-state index contributed by atoms with van der Waals surface area (Å²) in [6, 6.07) is 0. The van der Waals surface area contributed by atoms with Crippen LogP contribution in [0.15, 0.2) is 11.1 Å². The van der Waals surface area contributed by atoms with Gasteiger partial charge in [0, 0.05) is 6.54 Å². The Morgan fingerprint density at radius 3 is 2.46 bits per heavy atom. The predicted molar refractivity (Wildman–Crippen MR) is 58.8 cm³/mol. The molecule has 1 N–H and O–H groups in total. The van der Waals surface area contributed by atoms with E-state index in [0.29, 0.717) is 0 Å². The van der Waals surface area contributed by atoms with Gasteiger partial charge in [-0.1, -0.05) is 38.8 Å². The second-order valence-electron chi connectivity index (χ2n) is 4.44. The number of nitrogens with one attached hydrogen (secondary N) is 1. The monoisotopic (exact) mass is 181 g/mol. The number of hydrogen-bond donors (Lipinski definition) is 1. The van der Waals surface area contributed by atoms with Gasteiger partial charge in [-0.05, 0) is 31.2 Å². The lowest BCUT2D eigenvalue weighted by molar-refractivity contribution is 0.530. The summed E-state index contributed by atoms with van der Waals surface area (Å²) in [5, 5.41) is 3.47. The van der Waals surface area contributed by atoms with Crippen molar-refractivity contribution in [2.75, 3.05) is 13.1 Å². The van der Waals surface area contributed by atoms with E-state index in [1.54, 1.807) is 11.1 Å². The van der Waals surface area contributed by atoms with Gasteiger partial charge in [0.1, 0.15) is 0 Å². The van der Waals surface area contributed by atoms with Gasteiger partial charge in [-0.15, -0.1) is 0 Å². The van der Waals surface area contributed by atoms with Gasteiger partial charge < -0.3 is 5.32 Å². The maximum absolute atomic E-state index is 3.47. The van der Waals surface area contributed by atoms with Crippen LogP contribution in [0.5, 0.6) is 0 Å². The van der Waals surface area contributed by atoms with Gasteiger partial charge in [0.15, 0.2) is 0 Å². The molecule has 0 spiro atoms. The molecule has 1 atom stereocenters. The van der Waals surface area contributed by atoms with E-state index in [0.717, 1.165) is 18.4 Å². The van der Waals surface area contributed by atoms with Crippen molar-refractivity contribution in [3.05, 3.63) is 11.1 Å². The first-order chi connectivity index (χ1) is 6.16. The second-order valence-corrected chi connectivity index (χ2v) is 4.44. The molecule has 1 rings (SSSR count). The third kappa shape index (κ3) is 2.57. The van der Waals surface area contributed by atoms with Crippen molar-refractivity contribution in [3.8, 4) is 0 Å². The van der Waals surface area contributed by atoms with E-state index in [9.17, 15) is 0 Å². The fraction of sp³-hybridized carbons (Fsp3) is 0.833. The lowest BCUT2D eigenvalue weighted by Crippen LogP contribution is -2.29. The zero-order chi connectivity index (χ0) is 9.84. The summed E-state index contributed by atoms with van der Waals surface area (Å²) in [5.41, 5.74) is 3.40. The van der Waals surface area contributed by atoms with Gasteiger partial charge >= 0.3 is 0 Å². The van der Waals surface area contributed by atoms with Crippen molar-refractivity contribution in [2.45, 2.75) is 40.5 Å². The predicted octanol–water partition coefficient (Wildman–Crippen LogP) is 2.98. The zero-order valence-electron chi connectivity index (χ0n) is 9.48. The third-order valence-electron chi connectivity index (χ3n) is 3.20. The summed E-state index contributed by atoms with van der Waals surface area (Å²) in [7, 11) is 0. The maximum atomic E-state index is 3.47. The van der Waals surface area contributed by atoms with E-state index >= 15 is 0 Å². The molecule has 13 heavy (non-hydrogen) atoms. The molecule has 1 aliphatic rings. The Morgan fingerprint density at radius 2 is 1.92 bits per heavy atom. The molecule has 1 heterocycles. The molecule has 0 amide bonds. The van der Waals surface area contributed by atoms with Crippen LogP contribution < -0.4 is 5.32 Å². The molecule has 0 saturated heterocycles. The highest BCUT2D eigenvalue weighted by Gasteiger charge is 2.18. The molecule has 76 valence electrons. The molecule has 1 heteroatoms. The molecule has 1 aliphatic heterocycles. The van der Waals surface area contributed by atoms with E-state index in [1.807, 2.05) is 0 Å². The summed E-state index contributed by atoms with van der Waals surface area (Å²) in [5.74, 6) is 1.51. The minimum Gasteiger partial charge on any atom is -0.313 e. The van der Waals surface area contributed by atoms with Gasteiger partial charge in [-0.25, -0.2) is 0 Å². The minimum atomic E-state index is 0.719. The smallest absolute Gasteiger partial charge is 0.0170 e. The van der Waals surface area contributed by atoms with Crippen LogP contribution in [-0.4, -0.2) is 13.1 Å². The summed E-state index contributed by atoms with van der Waals surface area (Å²) in [6.07, 6.45) is 2.55. The normalized spacial score (nSPS) is 21.0. The molecule has 0 fully saturated rings. The van der Waals surface area contributed by atoms with Crippen molar-refractivity contribution in [1.29, 1.82) is 0 Å². The molecule has 1 nitrogen and oxygen atoms in total. The Hall–Kier alpha value is -0.300. The van der Waals surface area contributed by atoms with Crippen LogP contribution in [0, 0.1) is 11.8 Å². The van der Waals surface area contributed by atoms with Crippen molar-refractivity contribution >= 4 is 0 Å². The highest BCUT2D eigenvalue weighted by Crippen LogP contribution is 2.27. The molecule has 0 bridgehead atoms. The Morgan fingerprint density at radius 1 is 1.23 bits per heavy atom. The first-order valence-corrected chi connectivity index (χ1v) is 5.59. The lowest BCUT2D eigenvalue weighted by Gasteiger charge is -2.27. The standard InChI is InChI=1S/C12H23N/c1-5-10(4)11-6-7-13-8-12(11)9(2)3/h9-10,13H,5-8H2,1-4H3. The zero-order valence-corrected chi connectivity index (χ0v) is 9.48. The van der Waals surface area contributed by atoms with E-state index in [4.69, 9.17) is 0 Å². The average molecular weight is 181 g/mol. The Kier molecular flexibility index (Phi) is 3.98. The van der Waals surface area contributed by atoms with Gasteiger partial charge in [0.25, 0.3) is 0 Å². The highest BCUT2D eigenvalue weighted by atomic mass is 14.9. The van der Waals surface area contributed by atoms with Crippen molar-refractivity contribution in [3.63, 3.8) is 0 Å². The first kappa shape index (κ1) is 10.8. The second kappa shape index (κ2) is 4.80. The molecule has 0 aromatic carbocycles. The van der Waals surface area contributed by atoms with E-state index in [1.165, 1.54) is 19.4 Å². The molecule has 1 unspecified atom stereocenters. The SMILES string of the molecule is CCC(C)C1=C(C(C)C)CNCC1. The van der Waals surface area contributed by atoms with E-state index in [-0.39, 0.29) is 0 Å². The molecular formula is C12H23N. The van der Waals surface area contributed by atoms with Crippen LogP contribution in [-0.2, 0) is 0 Å². The van der Waals surface area contributed by atoms with Crippen LogP contribution in [0.4, 0.5) is 0 Å². The van der Waals surface area contributed by atoms with Crippen LogP contribution in [0.2, 0.25) is 0 Å². The van der Waals surface area contributed by atoms with Crippen molar-refractivity contribution < 1.29 is 0 Å². The van der Waals surface area contributed by atoms with Gasteiger partial charge in [-0.3, -0.25) is 0 Å². The number of rotatable bonds is 3. The van der Waals surface area contributed by atoms with Gasteiger partial charge in [0.2, 0.25) is 0 Å². The summed E-state index contributed by atoms with van der Waals surface area (Å²) in [4.78, 5) is 0. The van der Waals surface area contributed by atoms with Gasteiger partial charge in [-0.2, -0.15) is 0 Å². The van der Waals surface area contributed by atoms with Crippen molar-refractivity contribution in [2.24, 2.45) is 11.8 Å². The summed E-state index contributed by atoms with van der Waals surface area (Å²) >= 11 is 0. The van der Waals surface area contributed by atoms with Crippen LogP contribution >= 0.6 is 0 Å².